The molecular formula is C15H24N2O3. The molecule has 1 aromatic rings. The van der Waals surface area contributed by atoms with Crippen molar-refractivity contribution in [2.45, 2.75) is 45.1 Å². The van der Waals surface area contributed by atoms with E-state index in [-0.39, 0.29) is 11.9 Å². The fourth-order valence-electron chi connectivity index (χ4n) is 2.28. The topological polar surface area (TPSA) is 54.7 Å². The van der Waals surface area contributed by atoms with Crippen LogP contribution >= 0.6 is 0 Å². The number of nitrogens with one attached hydrogen (secondary N) is 1. The van der Waals surface area contributed by atoms with Gasteiger partial charge in [0.2, 0.25) is 5.91 Å². The van der Waals surface area contributed by atoms with Crippen LogP contribution in [0, 0.1) is 0 Å². The van der Waals surface area contributed by atoms with Crippen molar-refractivity contribution in [2.75, 3.05) is 19.7 Å². The first-order chi connectivity index (χ1) is 9.74. The molecule has 20 heavy (non-hydrogen) atoms. The lowest BCUT2D eigenvalue weighted by atomic mass is 10.1. The summed E-state index contributed by atoms with van der Waals surface area (Å²) in [6, 6.07) is 4.01. The number of nitrogens with zero attached hydrogens (tertiary/aromatic N) is 1. The maximum Gasteiger partial charge on any atom is 0.221 e. The fraction of sp³-hybridized carbons (Fsp3) is 0.667. The van der Waals surface area contributed by atoms with Gasteiger partial charge in [0.15, 0.2) is 0 Å². The lowest BCUT2D eigenvalue weighted by Gasteiger charge is -2.25. The van der Waals surface area contributed by atoms with E-state index in [1.165, 1.54) is 0 Å². The molecule has 0 spiro atoms. The van der Waals surface area contributed by atoms with Crippen molar-refractivity contribution < 1.29 is 14.0 Å². The molecule has 1 fully saturated rings. The Kier molecular flexibility index (Phi) is 6.08. The zero-order valence-corrected chi connectivity index (χ0v) is 12.1. The van der Waals surface area contributed by atoms with E-state index in [2.05, 4.69) is 5.32 Å². The minimum atomic E-state index is 0.0890. The molecular weight excluding hydrogens is 256 g/mol. The molecule has 1 aliphatic heterocycles. The average Bonchev–Trinajstić information content (AvgIpc) is 2.97. The molecule has 0 aromatic carbocycles. The molecule has 1 N–H and O–H groups in total. The summed E-state index contributed by atoms with van der Waals surface area (Å²) in [5.74, 6) is 1.05. The summed E-state index contributed by atoms with van der Waals surface area (Å²) < 4.78 is 5.28. The van der Waals surface area contributed by atoms with Crippen molar-refractivity contribution in [1.29, 1.82) is 0 Å². The highest BCUT2D eigenvalue weighted by Crippen LogP contribution is 2.07. The van der Waals surface area contributed by atoms with Gasteiger partial charge in [0.05, 0.1) is 12.9 Å². The Bertz CT molecular complexity index is 386. The van der Waals surface area contributed by atoms with Gasteiger partial charge in [-0.3, -0.25) is 9.63 Å². The molecule has 2 rings (SSSR count). The lowest BCUT2D eigenvalue weighted by molar-refractivity contribution is -0.181. The highest BCUT2D eigenvalue weighted by Gasteiger charge is 2.13. The van der Waals surface area contributed by atoms with Gasteiger partial charge in [0.1, 0.15) is 5.76 Å². The van der Waals surface area contributed by atoms with Crippen LogP contribution in [0.15, 0.2) is 22.8 Å². The molecule has 0 radical (unpaired) electrons. The Morgan fingerprint density at radius 3 is 3.10 bits per heavy atom. The third-order valence-corrected chi connectivity index (χ3v) is 3.48. The van der Waals surface area contributed by atoms with Gasteiger partial charge in [-0.1, -0.05) is 0 Å². The van der Waals surface area contributed by atoms with Crippen molar-refractivity contribution in [1.82, 2.24) is 10.4 Å². The first-order valence-electron chi connectivity index (χ1n) is 7.43. The first-order valence-corrected chi connectivity index (χ1v) is 7.43. The second kappa shape index (κ2) is 8.07. The molecule has 5 nitrogen and oxygen atoms in total. The van der Waals surface area contributed by atoms with Crippen molar-refractivity contribution in [3.8, 4) is 0 Å². The van der Waals surface area contributed by atoms with Gasteiger partial charge < -0.3 is 9.73 Å². The minimum absolute atomic E-state index is 0.0890. The van der Waals surface area contributed by atoms with E-state index in [0.29, 0.717) is 13.0 Å². The second-order valence-corrected chi connectivity index (χ2v) is 5.31. The van der Waals surface area contributed by atoms with Gasteiger partial charge in [-0.15, -0.1) is 0 Å². The molecule has 2 heterocycles. The van der Waals surface area contributed by atoms with E-state index in [9.17, 15) is 4.79 Å². The van der Waals surface area contributed by atoms with E-state index >= 15 is 0 Å². The molecule has 1 amide bonds. The molecule has 0 bridgehead atoms. The van der Waals surface area contributed by atoms with Gasteiger partial charge in [-0.2, -0.15) is 5.06 Å². The summed E-state index contributed by atoms with van der Waals surface area (Å²) in [6.45, 7) is 4.41. The monoisotopic (exact) mass is 280 g/mol. The van der Waals surface area contributed by atoms with Crippen LogP contribution in [-0.4, -0.2) is 36.7 Å². The van der Waals surface area contributed by atoms with Gasteiger partial charge in [-0.25, -0.2) is 0 Å². The normalized spacial score (nSPS) is 17.9. The largest absolute Gasteiger partial charge is 0.469 e. The van der Waals surface area contributed by atoms with Crippen molar-refractivity contribution in [3.05, 3.63) is 24.2 Å². The van der Waals surface area contributed by atoms with Crippen molar-refractivity contribution in [3.63, 3.8) is 0 Å². The summed E-state index contributed by atoms with van der Waals surface area (Å²) in [5.41, 5.74) is 0. The van der Waals surface area contributed by atoms with Crippen LogP contribution in [0.5, 0.6) is 0 Å². The van der Waals surface area contributed by atoms with Gasteiger partial charge in [0, 0.05) is 32.0 Å². The molecule has 1 aliphatic rings. The molecule has 1 aromatic heterocycles. The molecule has 0 saturated carbocycles. The predicted octanol–water partition coefficient (Wildman–Crippen LogP) is 2.13. The molecule has 1 saturated heterocycles. The quantitative estimate of drug-likeness (QED) is 0.831. The standard InChI is InChI=1S/C15H24N2O3/c1-13(6-7-14-5-4-11-19-14)16-15(18)8-10-17-9-2-3-12-20-17/h4-5,11,13H,2-3,6-10,12H2,1H3,(H,16,18). The van der Waals surface area contributed by atoms with Gasteiger partial charge >= 0.3 is 0 Å². The molecule has 112 valence electrons. The fourth-order valence-corrected chi connectivity index (χ4v) is 2.28. The number of hydrogen-bond donors (Lipinski definition) is 1. The Balaban J connectivity index is 1.58. The summed E-state index contributed by atoms with van der Waals surface area (Å²) in [5, 5.41) is 4.92. The zero-order chi connectivity index (χ0) is 14.2. The lowest BCUT2D eigenvalue weighted by Crippen LogP contribution is -2.37. The maximum atomic E-state index is 11.8. The van der Waals surface area contributed by atoms with Gasteiger partial charge in [-0.05, 0) is 38.3 Å². The molecule has 1 unspecified atom stereocenters. The zero-order valence-electron chi connectivity index (χ0n) is 12.1. The van der Waals surface area contributed by atoms with Crippen LogP contribution in [0.25, 0.3) is 0 Å². The SMILES string of the molecule is CC(CCc1ccco1)NC(=O)CCN1CCCCO1. The summed E-state index contributed by atoms with van der Waals surface area (Å²) in [6.07, 6.45) is 6.18. The van der Waals surface area contributed by atoms with Gasteiger partial charge in [0.25, 0.3) is 0 Å². The van der Waals surface area contributed by atoms with E-state index < -0.39 is 0 Å². The second-order valence-electron chi connectivity index (χ2n) is 5.31. The highest BCUT2D eigenvalue weighted by atomic mass is 16.7. The molecule has 0 aliphatic carbocycles. The Labute approximate surface area is 120 Å². The Hall–Kier alpha value is -1.33. The number of hydrogen-bond acceptors (Lipinski definition) is 4. The highest BCUT2D eigenvalue weighted by molar-refractivity contribution is 5.76. The number of aryl methyl sites for hydroxylation is 1. The number of carbonyl (C=O) groups excluding carboxylic acids is 1. The number of amides is 1. The maximum absolute atomic E-state index is 11.8. The Morgan fingerprint density at radius 1 is 1.50 bits per heavy atom. The van der Waals surface area contributed by atoms with Crippen LogP contribution in [0.2, 0.25) is 0 Å². The average molecular weight is 280 g/mol. The smallest absolute Gasteiger partial charge is 0.221 e. The number of carbonyl (C=O) groups is 1. The van der Waals surface area contributed by atoms with Crippen LogP contribution in [0.4, 0.5) is 0 Å². The first kappa shape index (κ1) is 15.1. The van der Waals surface area contributed by atoms with E-state index in [4.69, 9.17) is 9.25 Å². The van der Waals surface area contributed by atoms with E-state index in [0.717, 1.165) is 44.6 Å². The summed E-state index contributed by atoms with van der Waals surface area (Å²) in [7, 11) is 0. The Morgan fingerprint density at radius 2 is 2.40 bits per heavy atom. The molecule has 1 atom stereocenters. The minimum Gasteiger partial charge on any atom is -0.469 e. The van der Waals surface area contributed by atoms with Crippen LogP contribution in [-0.2, 0) is 16.1 Å². The number of rotatable bonds is 7. The van der Waals surface area contributed by atoms with Crippen LogP contribution in [0.3, 0.4) is 0 Å². The van der Waals surface area contributed by atoms with Crippen molar-refractivity contribution in [2.24, 2.45) is 0 Å². The summed E-state index contributed by atoms with van der Waals surface area (Å²) >= 11 is 0. The summed E-state index contributed by atoms with van der Waals surface area (Å²) in [4.78, 5) is 17.3. The van der Waals surface area contributed by atoms with Crippen LogP contribution < -0.4 is 5.32 Å². The number of hydroxylamine groups is 2. The predicted molar refractivity (Wildman–Crippen MR) is 76.0 cm³/mol. The van der Waals surface area contributed by atoms with Crippen molar-refractivity contribution >= 4 is 5.91 Å². The number of furan rings is 1. The van der Waals surface area contributed by atoms with Crippen LogP contribution in [0.1, 0.15) is 38.4 Å². The third-order valence-electron chi connectivity index (χ3n) is 3.48. The van der Waals surface area contributed by atoms with E-state index in [1.54, 1.807) is 6.26 Å². The van der Waals surface area contributed by atoms with E-state index in [1.807, 2.05) is 24.1 Å². The molecule has 5 heteroatoms. The third kappa shape index (κ3) is 5.35.